The van der Waals surface area contributed by atoms with Crippen molar-refractivity contribution in [3.05, 3.63) is 48.6 Å². The highest BCUT2D eigenvalue weighted by Gasteiger charge is 2.25. The molecule has 9 heteroatoms. The fourth-order valence-corrected chi connectivity index (χ4v) is 5.43. The summed E-state index contributed by atoms with van der Waals surface area (Å²) in [5.74, 6) is -2.05. The lowest BCUT2D eigenvalue weighted by Gasteiger charge is -2.25. The molecule has 0 aromatic heterocycles. The second-order valence-electron chi connectivity index (χ2n) is 15.3. The van der Waals surface area contributed by atoms with Crippen molar-refractivity contribution in [3.63, 3.8) is 0 Å². The number of nitrogens with zero attached hydrogens (tertiary/aromatic N) is 1. The highest BCUT2D eigenvalue weighted by Crippen LogP contribution is 2.13. The molecule has 0 saturated carbocycles. The number of rotatable bonds is 38. The number of unbranched alkanes of at least 4 members (excludes halogenated alkanes) is 15. The van der Waals surface area contributed by atoms with Crippen molar-refractivity contribution >= 4 is 17.9 Å². The van der Waals surface area contributed by atoms with E-state index >= 15 is 0 Å². The Morgan fingerprint density at radius 1 is 0.556 bits per heavy atom. The van der Waals surface area contributed by atoms with Crippen molar-refractivity contribution in [1.82, 2.24) is 0 Å². The van der Waals surface area contributed by atoms with E-state index in [4.69, 9.17) is 18.9 Å². The van der Waals surface area contributed by atoms with Gasteiger partial charge in [-0.15, -0.1) is 0 Å². The summed E-state index contributed by atoms with van der Waals surface area (Å²) in [6, 6.07) is 0. The third-order valence-electron chi connectivity index (χ3n) is 8.79. The fraction of sp³-hybridized carbons (Fsp3) is 0.756. The molecule has 0 spiro atoms. The maximum atomic E-state index is 12.7. The quantitative estimate of drug-likeness (QED) is 0.0218. The first-order valence-electron chi connectivity index (χ1n) is 21.3. The molecule has 0 rings (SSSR count). The van der Waals surface area contributed by atoms with Crippen LogP contribution in [-0.2, 0) is 33.3 Å². The van der Waals surface area contributed by atoms with Crippen molar-refractivity contribution in [2.75, 3.05) is 47.5 Å². The van der Waals surface area contributed by atoms with Crippen molar-refractivity contribution in [1.29, 1.82) is 0 Å². The van der Waals surface area contributed by atoms with Crippen LogP contribution in [0.25, 0.3) is 0 Å². The zero-order valence-electron chi connectivity index (χ0n) is 35.1. The van der Waals surface area contributed by atoms with E-state index < -0.39 is 24.3 Å². The number of quaternary nitrogens is 1. The average Bonchev–Trinajstić information content (AvgIpc) is 3.12. The lowest BCUT2D eigenvalue weighted by molar-refractivity contribution is -0.870. The molecule has 0 aromatic rings. The van der Waals surface area contributed by atoms with Crippen LogP contribution in [0.15, 0.2) is 48.6 Å². The van der Waals surface area contributed by atoms with Crippen LogP contribution >= 0.6 is 0 Å². The van der Waals surface area contributed by atoms with Gasteiger partial charge in [-0.1, -0.05) is 127 Å². The number of aliphatic carboxylic acids is 1. The molecule has 54 heavy (non-hydrogen) atoms. The molecule has 0 aromatic carbocycles. The van der Waals surface area contributed by atoms with Crippen LogP contribution in [0, 0.1) is 0 Å². The Morgan fingerprint density at radius 2 is 1.04 bits per heavy atom. The van der Waals surface area contributed by atoms with E-state index in [1.54, 1.807) is 0 Å². The summed E-state index contributed by atoms with van der Waals surface area (Å²) in [5.41, 5.74) is 0. The molecule has 9 nitrogen and oxygen atoms in total. The van der Waals surface area contributed by atoms with E-state index in [-0.39, 0.29) is 38.6 Å². The molecule has 1 N–H and O–H groups in total. The van der Waals surface area contributed by atoms with Gasteiger partial charge in [0.25, 0.3) is 6.29 Å². The molecule has 0 aliphatic carbocycles. The number of carbonyl (C=O) groups is 3. The number of carboxylic acid groups (broad SMARTS) is 1. The smallest absolute Gasteiger partial charge is 0.361 e. The first-order chi connectivity index (χ1) is 26.1. The summed E-state index contributed by atoms with van der Waals surface area (Å²) in [6.07, 6.45) is 38.8. The zero-order chi connectivity index (χ0) is 40.0. The third kappa shape index (κ3) is 37.6. The molecule has 0 bridgehead atoms. The Morgan fingerprint density at radius 3 is 1.57 bits per heavy atom. The molecule has 0 fully saturated rings. The minimum atomic E-state index is -1.51. The Kier molecular flexibility index (Phi) is 35.3. The summed E-state index contributed by atoms with van der Waals surface area (Å²) in [5, 5.41) is 9.61. The van der Waals surface area contributed by atoms with Gasteiger partial charge in [-0.05, 0) is 70.6 Å². The van der Waals surface area contributed by atoms with E-state index in [9.17, 15) is 19.5 Å². The predicted octanol–water partition coefficient (Wildman–Crippen LogP) is 10.8. The van der Waals surface area contributed by atoms with E-state index in [1.165, 1.54) is 32.1 Å². The number of ether oxygens (including phenoxy) is 4. The largest absolute Gasteiger partial charge is 0.477 e. The van der Waals surface area contributed by atoms with Gasteiger partial charge >= 0.3 is 17.9 Å². The minimum absolute atomic E-state index is 0.182. The van der Waals surface area contributed by atoms with Gasteiger partial charge in [0.2, 0.25) is 0 Å². The number of hydrogen-bond donors (Lipinski definition) is 1. The predicted molar refractivity (Wildman–Crippen MR) is 221 cm³/mol. The molecule has 2 unspecified atom stereocenters. The topological polar surface area (TPSA) is 108 Å². The zero-order valence-corrected chi connectivity index (χ0v) is 35.1. The first kappa shape index (κ1) is 51.2. The number of carboxylic acids is 1. The summed E-state index contributed by atoms with van der Waals surface area (Å²) in [6.45, 7) is 4.73. The number of hydrogen-bond acceptors (Lipinski definition) is 7. The van der Waals surface area contributed by atoms with E-state index in [2.05, 4.69) is 62.5 Å². The van der Waals surface area contributed by atoms with E-state index in [1.807, 2.05) is 21.1 Å². The fourth-order valence-electron chi connectivity index (χ4n) is 5.43. The molecule has 2 atom stereocenters. The van der Waals surface area contributed by atoms with Gasteiger partial charge in [0.1, 0.15) is 13.2 Å². The molecule has 312 valence electrons. The van der Waals surface area contributed by atoms with Gasteiger partial charge in [0.15, 0.2) is 6.10 Å². The second-order valence-corrected chi connectivity index (χ2v) is 15.3. The molecule has 0 heterocycles. The SMILES string of the molecule is CCC/C=C\CCCCCCCC(=O)OCC(COC(OCC[N+](C)(C)C)C(=O)O)OC(=O)CCCCCCCC/C=C\C/C=C\C/C=C\CCCCC. The molecule has 0 radical (unpaired) electrons. The summed E-state index contributed by atoms with van der Waals surface area (Å²) in [4.78, 5) is 37.0. The number of likely N-dealkylation sites (N-methyl/N-ethyl adjacent to an activating group) is 1. The van der Waals surface area contributed by atoms with Gasteiger partial charge in [0.05, 0.1) is 34.4 Å². The van der Waals surface area contributed by atoms with Crippen molar-refractivity contribution in [3.8, 4) is 0 Å². The summed E-state index contributed by atoms with van der Waals surface area (Å²) in [7, 11) is 5.94. The van der Waals surface area contributed by atoms with Gasteiger partial charge in [-0.2, -0.15) is 0 Å². The molecule has 0 aliphatic heterocycles. The van der Waals surface area contributed by atoms with Crippen LogP contribution in [0.4, 0.5) is 0 Å². The Balaban J connectivity index is 4.47. The van der Waals surface area contributed by atoms with Crippen LogP contribution in [0.1, 0.15) is 162 Å². The van der Waals surface area contributed by atoms with E-state index in [0.29, 0.717) is 17.4 Å². The van der Waals surface area contributed by atoms with Crippen molar-refractivity contribution in [2.24, 2.45) is 0 Å². The lowest BCUT2D eigenvalue weighted by Crippen LogP contribution is -2.40. The summed E-state index contributed by atoms with van der Waals surface area (Å²) < 4.78 is 22.6. The van der Waals surface area contributed by atoms with Crippen LogP contribution < -0.4 is 0 Å². The van der Waals surface area contributed by atoms with Crippen molar-refractivity contribution in [2.45, 2.75) is 174 Å². The molecule has 0 aliphatic rings. The Hall–Kier alpha value is -2.75. The average molecular weight is 763 g/mol. The van der Waals surface area contributed by atoms with Crippen LogP contribution in [0.3, 0.4) is 0 Å². The molecule has 0 saturated heterocycles. The number of carbonyl (C=O) groups excluding carboxylic acids is 2. The van der Waals surface area contributed by atoms with Gasteiger partial charge in [-0.25, -0.2) is 4.79 Å². The molecular weight excluding hydrogens is 682 g/mol. The van der Waals surface area contributed by atoms with Crippen molar-refractivity contribution < 1.29 is 42.9 Å². The highest BCUT2D eigenvalue weighted by molar-refractivity contribution is 5.71. The molecular formula is C45H80NO8+. The summed E-state index contributed by atoms with van der Waals surface area (Å²) >= 11 is 0. The monoisotopic (exact) mass is 763 g/mol. The van der Waals surface area contributed by atoms with Gasteiger partial charge in [-0.3, -0.25) is 9.59 Å². The lowest BCUT2D eigenvalue weighted by atomic mass is 10.1. The Labute approximate surface area is 330 Å². The minimum Gasteiger partial charge on any atom is -0.477 e. The Bertz CT molecular complexity index is 1030. The van der Waals surface area contributed by atoms with E-state index in [0.717, 1.165) is 96.3 Å². The standard InChI is InChI=1S/C45H79NO8/c1-6-8-10-12-14-16-18-19-20-21-22-23-24-25-26-28-30-32-34-36-43(48)54-41(40-53-45(44(49)50)51-38-37-46(3,4)5)39-52-42(47)35-33-31-29-27-17-15-13-11-9-7-2/h11,13-14,16,19-20,22-23,41,45H,6-10,12,15,17-18,21,24-40H2,1-5H3/p+1/b13-11-,16-14-,20-19-,23-22-. The van der Waals surface area contributed by atoms with Crippen LogP contribution in [0.2, 0.25) is 0 Å². The number of allylic oxidation sites excluding steroid dienone is 8. The maximum absolute atomic E-state index is 12.7. The van der Waals surface area contributed by atoms with Gasteiger partial charge in [0, 0.05) is 12.8 Å². The second kappa shape index (κ2) is 37.2. The highest BCUT2D eigenvalue weighted by atomic mass is 16.7. The maximum Gasteiger partial charge on any atom is 0.361 e. The third-order valence-corrected chi connectivity index (χ3v) is 8.79. The van der Waals surface area contributed by atoms with Crippen LogP contribution in [-0.4, -0.2) is 87.4 Å². The van der Waals surface area contributed by atoms with Crippen LogP contribution in [0.5, 0.6) is 0 Å². The van der Waals surface area contributed by atoms with Gasteiger partial charge < -0.3 is 28.5 Å². The molecule has 0 amide bonds. The number of esters is 2. The first-order valence-corrected chi connectivity index (χ1v) is 21.3. The normalized spacial score (nSPS) is 13.4.